The van der Waals surface area contributed by atoms with Crippen LogP contribution in [0.2, 0.25) is 0 Å². The molecular formula is C44H54. The topological polar surface area (TPSA) is 0 Å². The molecule has 0 aliphatic heterocycles. The van der Waals surface area contributed by atoms with Crippen molar-refractivity contribution in [3.8, 4) is 0 Å². The molecule has 230 valence electrons. The first kappa shape index (κ1) is 33.3. The maximum Gasteiger partial charge on any atom is -0.0151 e. The van der Waals surface area contributed by atoms with E-state index in [1.807, 2.05) is 0 Å². The lowest BCUT2D eigenvalue weighted by atomic mass is 9.96. The molecule has 0 nitrogen and oxygen atoms in total. The van der Waals surface area contributed by atoms with E-state index in [1.165, 1.54) is 123 Å². The van der Waals surface area contributed by atoms with Gasteiger partial charge in [0.05, 0.1) is 0 Å². The van der Waals surface area contributed by atoms with Gasteiger partial charge in [-0.3, -0.25) is 0 Å². The van der Waals surface area contributed by atoms with Crippen molar-refractivity contribution in [2.75, 3.05) is 0 Å². The van der Waals surface area contributed by atoms with E-state index in [9.17, 15) is 0 Å². The molecule has 0 amide bonds. The van der Waals surface area contributed by atoms with Crippen LogP contribution in [0.1, 0.15) is 125 Å². The van der Waals surface area contributed by atoms with Crippen molar-refractivity contribution in [2.45, 2.75) is 103 Å². The predicted molar refractivity (Wildman–Crippen MR) is 194 cm³/mol. The quantitative estimate of drug-likeness (QED) is 0.0857. The highest BCUT2D eigenvalue weighted by Gasteiger charge is 2.05. The monoisotopic (exact) mass is 582 g/mol. The van der Waals surface area contributed by atoms with E-state index in [2.05, 4.69) is 133 Å². The van der Waals surface area contributed by atoms with Gasteiger partial charge in [0.2, 0.25) is 0 Å². The number of allylic oxidation sites excluding steroid dienone is 2. The average Bonchev–Trinajstić information content (AvgIpc) is 3.09. The van der Waals surface area contributed by atoms with Crippen LogP contribution < -0.4 is 0 Å². The number of hydrogen-bond acceptors (Lipinski definition) is 0. The lowest BCUT2D eigenvalue weighted by Gasteiger charge is -2.09. The van der Waals surface area contributed by atoms with E-state index in [0.717, 1.165) is 12.8 Å². The largest absolute Gasteiger partial charge is 0.0761 e. The second-order valence-corrected chi connectivity index (χ2v) is 12.2. The maximum absolute atomic E-state index is 2.45. The average molecular weight is 583 g/mol. The van der Waals surface area contributed by atoms with Crippen LogP contribution in [0.3, 0.4) is 0 Å². The van der Waals surface area contributed by atoms with Gasteiger partial charge in [-0.1, -0.05) is 211 Å². The van der Waals surface area contributed by atoms with Gasteiger partial charge >= 0.3 is 0 Å². The molecule has 4 aromatic carbocycles. The molecule has 44 heavy (non-hydrogen) atoms. The van der Waals surface area contributed by atoms with Gasteiger partial charge in [-0.25, -0.2) is 0 Å². The van der Waals surface area contributed by atoms with Gasteiger partial charge in [0.25, 0.3) is 0 Å². The second-order valence-electron chi connectivity index (χ2n) is 12.2. The number of rotatable bonds is 21. The standard InChI is InChI=1S/C44H54/c1(3-5-7-9-11-13-27-37-43(39-29-19-15-20-30-39)40-31-21-16-22-32-40)2-4-6-8-10-12-14-28-38-44(41-33-23-17-24-34-41)42-35-25-18-26-36-42/h15-26,29-38H,1-14,27-28H2. The molecule has 0 unspecified atom stereocenters. The van der Waals surface area contributed by atoms with E-state index in [1.54, 1.807) is 0 Å². The van der Waals surface area contributed by atoms with Crippen LogP contribution in [-0.2, 0) is 0 Å². The van der Waals surface area contributed by atoms with E-state index in [4.69, 9.17) is 0 Å². The first-order chi connectivity index (χ1) is 21.9. The summed E-state index contributed by atoms with van der Waals surface area (Å²) in [5.41, 5.74) is 8.04. The summed E-state index contributed by atoms with van der Waals surface area (Å²) in [5.74, 6) is 0. The molecule has 0 aliphatic carbocycles. The van der Waals surface area contributed by atoms with Crippen LogP contribution in [0.4, 0.5) is 0 Å². The molecular weight excluding hydrogens is 528 g/mol. The van der Waals surface area contributed by atoms with Gasteiger partial charge in [-0.05, 0) is 59.1 Å². The Morgan fingerprint density at radius 1 is 0.273 bits per heavy atom. The fraction of sp³-hybridized carbons (Fsp3) is 0.364. The van der Waals surface area contributed by atoms with Gasteiger partial charge in [0, 0.05) is 0 Å². The Balaban J connectivity index is 0.978. The van der Waals surface area contributed by atoms with Gasteiger partial charge in [-0.2, -0.15) is 0 Å². The van der Waals surface area contributed by atoms with Crippen LogP contribution in [0.5, 0.6) is 0 Å². The Kier molecular flexibility index (Phi) is 16.0. The van der Waals surface area contributed by atoms with Crippen molar-refractivity contribution in [1.29, 1.82) is 0 Å². The Hall–Kier alpha value is -3.64. The minimum Gasteiger partial charge on any atom is -0.0761 e. The molecule has 0 heterocycles. The first-order valence-corrected chi connectivity index (χ1v) is 17.5. The third-order valence-corrected chi connectivity index (χ3v) is 8.69. The minimum atomic E-state index is 1.16. The zero-order valence-electron chi connectivity index (χ0n) is 27.0. The van der Waals surface area contributed by atoms with Crippen molar-refractivity contribution in [2.24, 2.45) is 0 Å². The zero-order chi connectivity index (χ0) is 30.3. The summed E-state index contributed by atoms with van der Waals surface area (Å²) in [4.78, 5) is 0. The molecule has 4 aromatic rings. The third kappa shape index (κ3) is 12.5. The lowest BCUT2D eigenvalue weighted by Crippen LogP contribution is -1.88. The molecule has 0 heteroatoms. The molecule has 0 aromatic heterocycles. The van der Waals surface area contributed by atoms with E-state index in [-0.39, 0.29) is 0 Å². The van der Waals surface area contributed by atoms with Crippen molar-refractivity contribution >= 4 is 11.1 Å². The molecule has 4 rings (SSSR count). The Labute approximate surface area is 269 Å². The fourth-order valence-corrected chi connectivity index (χ4v) is 6.18. The molecule has 0 radical (unpaired) electrons. The molecule has 0 fully saturated rings. The lowest BCUT2D eigenvalue weighted by molar-refractivity contribution is 0.534. The van der Waals surface area contributed by atoms with E-state index < -0.39 is 0 Å². The van der Waals surface area contributed by atoms with Gasteiger partial charge in [0.1, 0.15) is 0 Å². The molecule has 0 atom stereocenters. The number of benzene rings is 4. The van der Waals surface area contributed by atoms with Gasteiger partial charge in [0.15, 0.2) is 0 Å². The Morgan fingerprint density at radius 3 is 0.705 bits per heavy atom. The Morgan fingerprint density at radius 2 is 0.477 bits per heavy atom. The number of hydrogen-bond donors (Lipinski definition) is 0. The summed E-state index contributed by atoms with van der Waals surface area (Å²) in [6.45, 7) is 0. The number of unbranched alkanes of at least 4 members (excludes halogenated alkanes) is 15. The normalized spacial score (nSPS) is 10.8. The highest BCUT2D eigenvalue weighted by Crippen LogP contribution is 2.26. The van der Waals surface area contributed by atoms with Crippen LogP contribution in [-0.4, -0.2) is 0 Å². The summed E-state index contributed by atoms with van der Waals surface area (Å²) in [6.07, 6.45) is 26.6. The van der Waals surface area contributed by atoms with Crippen LogP contribution in [0.25, 0.3) is 11.1 Å². The molecule has 0 saturated carbocycles. The van der Waals surface area contributed by atoms with Crippen molar-refractivity contribution in [3.05, 3.63) is 156 Å². The summed E-state index contributed by atoms with van der Waals surface area (Å²) in [7, 11) is 0. The molecule has 0 N–H and O–H groups in total. The Bertz CT molecular complexity index is 1130. The highest BCUT2D eigenvalue weighted by atomic mass is 14.1. The summed E-state index contributed by atoms with van der Waals surface area (Å²) >= 11 is 0. The van der Waals surface area contributed by atoms with E-state index >= 15 is 0 Å². The van der Waals surface area contributed by atoms with Gasteiger partial charge in [-0.15, -0.1) is 0 Å². The van der Waals surface area contributed by atoms with Crippen LogP contribution in [0.15, 0.2) is 133 Å². The SMILES string of the molecule is C(CCCCCCCCCCCCCCCCC=C(c1ccccc1)c1ccccc1)=C(c1ccccc1)c1ccccc1. The highest BCUT2D eigenvalue weighted by molar-refractivity contribution is 5.80. The van der Waals surface area contributed by atoms with Crippen LogP contribution >= 0.6 is 0 Å². The van der Waals surface area contributed by atoms with Gasteiger partial charge < -0.3 is 0 Å². The second kappa shape index (κ2) is 21.1. The van der Waals surface area contributed by atoms with Crippen molar-refractivity contribution < 1.29 is 0 Å². The third-order valence-electron chi connectivity index (χ3n) is 8.69. The molecule has 0 saturated heterocycles. The zero-order valence-corrected chi connectivity index (χ0v) is 27.0. The molecule has 0 aliphatic rings. The summed E-state index contributed by atoms with van der Waals surface area (Å²) in [6, 6.07) is 43.4. The van der Waals surface area contributed by atoms with Crippen LogP contribution in [0, 0.1) is 0 Å². The van der Waals surface area contributed by atoms with Crippen molar-refractivity contribution in [3.63, 3.8) is 0 Å². The first-order valence-electron chi connectivity index (χ1n) is 17.5. The van der Waals surface area contributed by atoms with Crippen molar-refractivity contribution in [1.82, 2.24) is 0 Å². The minimum absolute atomic E-state index is 1.16. The predicted octanol–water partition coefficient (Wildman–Crippen LogP) is 13.5. The molecule has 0 spiro atoms. The smallest absolute Gasteiger partial charge is 0.0151 e. The van der Waals surface area contributed by atoms with E-state index in [0.29, 0.717) is 0 Å². The maximum atomic E-state index is 2.45. The molecule has 0 bridgehead atoms. The summed E-state index contributed by atoms with van der Waals surface area (Å²) < 4.78 is 0. The fourth-order valence-electron chi connectivity index (χ4n) is 6.18. The summed E-state index contributed by atoms with van der Waals surface area (Å²) in [5, 5.41) is 0.